The van der Waals surface area contributed by atoms with Crippen molar-refractivity contribution < 1.29 is 13.7 Å². The minimum absolute atomic E-state index is 0.204. The first kappa shape index (κ1) is 20.6. The number of amides is 1. The van der Waals surface area contributed by atoms with Gasteiger partial charge >= 0.3 is 6.09 Å². The van der Waals surface area contributed by atoms with Crippen LogP contribution >= 0.6 is 0 Å². The topological polar surface area (TPSA) is 55.4 Å². The molecule has 0 aliphatic heterocycles. The van der Waals surface area contributed by atoms with Crippen LogP contribution in [0.4, 0.5) is 4.79 Å². The van der Waals surface area contributed by atoms with Gasteiger partial charge in [0.25, 0.3) is 0 Å². The number of nitrogens with one attached hydrogen (secondary N) is 1. The summed E-state index contributed by atoms with van der Waals surface area (Å²) < 4.78 is 17.7. The predicted molar refractivity (Wildman–Crippen MR) is 116 cm³/mol. The molecule has 5 heteroatoms. The molecule has 3 aromatic rings. The zero-order valence-corrected chi connectivity index (χ0v) is 16.8. The van der Waals surface area contributed by atoms with Crippen molar-refractivity contribution in [2.75, 3.05) is 5.75 Å². The van der Waals surface area contributed by atoms with Gasteiger partial charge in [-0.25, -0.2) is 4.79 Å². The fourth-order valence-corrected chi connectivity index (χ4v) is 3.68. The normalized spacial score (nSPS) is 13.0. The first-order valence-corrected chi connectivity index (χ1v) is 10.7. The lowest BCUT2D eigenvalue weighted by Crippen LogP contribution is -2.28. The van der Waals surface area contributed by atoms with E-state index in [1.165, 1.54) is 0 Å². The Bertz CT molecular complexity index is 944. The summed E-state index contributed by atoms with van der Waals surface area (Å²) >= 11 is 0. The lowest BCUT2D eigenvalue weighted by atomic mass is 10.1. The number of carbonyl (C=O) groups excluding carboxylic acids is 1. The molecular formula is C24H23NO3S. The molecule has 148 valence electrons. The Morgan fingerprint density at radius 3 is 2.14 bits per heavy atom. The van der Waals surface area contributed by atoms with Gasteiger partial charge in [-0.15, -0.1) is 0 Å². The van der Waals surface area contributed by atoms with Crippen LogP contribution in [0, 0.1) is 0 Å². The van der Waals surface area contributed by atoms with E-state index in [0.29, 0.717) is 5.75 Å². The molecule has 1 N–H and O–H groups in total. The summed E-state index contributed by atoms with van der Waals surface area (Å²) in [6, 6.07) is 28.1. The summed E-state index contributed by atoms with van der Waals surface area (Å²) in [6.07, 6.45) is 3.18. The highest BCUT2D eigenvalue weighted by Crippen LogP contribution is 2.15. The van der Waals surface area contributed by atoms with Crippen molar-refractivity contribution >= 4 is 16.9 Å². The van der Waals surface area contributed by atoms with Gasteiger partial charge in [-0.1, -0.05) is 91.0 Å². The summed E-state index contributed by atoms with van der Waals surface area (Å²) in [5.74, 6) is 0.369. The van der Waals surface area contributed by atoms with Crippen LogP contribution in [0.25, 0.3) is 0 Å². The fourth-order valence-electron chi connectivity index (χ4n) is 2.74. The quantitative estimate of drug-likeness (QED) is 0.536. The Morgan fingerprint density at radius 2 is 1.48 bits per heavy atom. The highest BCUT2D eigenvalue weighted by Gasteiger charge is 2.13. The standard InChI is InChI=1S/C24H23NO3S/c26-24(28-19-20-11-4-1-5-12-20)25-23(21-13-6-2-7-14-21)17-10-18-29(27)22-15-8-3-9-16-22/h1-17,23H,18-19H2,(H,25,26)/b17-10-/t23-,29+/m0/s1. The van der Waals surface area contributed by atoms with Crippen molar-refractivity contribution in [3.8, 4) is 0 Å². The second kappa shape index (κ2) is 11.0. The smallest absolute Gasteiger partial charge is 0.408 e. The summed E-state index contributed by atoms with van der Waals surface area (Å²) in [5, 5.41) is 2.87. The van der Waals surface area contributed by atoms with Crippen molar-refractivity contribution in [2.45, 2.75) is 17.5 Å². The third-order valence-electron chi connectivity index (χ3n) is 4.23. The fraction of sp³-hybridized carbons (Fsp3) is 0.125. The van der Waals surface area contributed by atoms with E-state index >= 15 is 0 Å². The van der Waals surface area contributed by atoms with Gasteiger partial charge in [0.2, 0.25) is 0 Å². The summed E-state index contributed by atoms with van der Waals surface area (Å²) in [5.41, 5.74) is 1.85. The van der Waals surface area contributed by atoms with Crippen LogP contribution in [-0.2, 0) is 22.1 Å². The minimum Gasteiger partial charge on any atom is -0.445 e. The molecule has 0 aliphatic rings. The monoisotopic (exact) mass is 405 g/mol. The maximum absolute atomic E-state index is 12.4. The van der Waals surface area contributed by atoms with Gasteiger partial charge in [-0.3, -0.25) is 4.21 Å². The van der Waals surface area contributed by atoms with Crippen molar-refractivity contribution in [3.63, 3.8) is 0 Å². The second-order valence-electron chi connectivity index (χ2n) is 6.35. The molecule has 3 rings (SSSR count). The van der Waals surface area contributed by atoms with Crippen LogP contribution in [0.5, 0.6) is 0 Å². The lowest BCUT2D eigenvalue weighted by Gasteiger charge is -2.16. The van der Waals surface area contributed by atoms with Crippen LogP contribution in [0.3, 0.4) is 0 Å². The van der Waals surface area contributed by atoms with Crippen molar-refractivity contribution in [1.29, 1.82) is 0 Å². The van der Waals surface area contributed by atoms with E-state index in [-0.39, 0.29) is 12.6 Å². The van der Waals surface area contributed by atoms with Crippen molar-refractivity contribution in [2.24, 2.45) is 0 Å². The molecule has 29 heavy (non-hydrogen) atoms. The third kappa shape index (κ3) is 6.73. The van der Waals surface area contributed by atoms with Gasteiger partial charge in [0.15, 0.2) is 0 Å². The number of alkyl carbamates (subject to hydrolysis) is 1. The summed E-state index contributed by atoms with van der Waals surface area (Å²) in [7, 11) is -1.13. The molecule has 0 unspecified atom stereocenters. The van der Waals surface area contributed by atoms with Crippen molar-refractivity contribution in [1.82, 2.24) is 5.32 Å². The highest BCUT2D eigenvalue weighted by molar-refractivity contribution is 7.85. The van der Waals surface area contributed by atoms with Gasteiger partial charge in [0.05, 0.1) is 16.8 Å². The largest absolute Gasteiger partial charge is 0.445 e. The van der Waals surface area contributed by atoms with E-state index < -0.39 is 16.9 Å². The van der Waals surface area contributed by atoms with E-state index in [2.05, 4.69) is 5.32 Å². The Kier molecular flexibility index (Phi) is 7.78. The molecule has 0 bridgehead atoms. The number of hydrogen-bond donors (Lipinski definition) is 1. The van der Waals surface area contributed by atoms with E-state index in [1.54, 1.807) is 0 Å². The lowest BCUT2D eigenvalue weighted by molar-refractivity contribution is 0.137. The molecule has 3 aromatic carbocycles. The molecular weight excluding hydrogens is 382 g/mol. The number of rotatable bonds is 8. The molecule has 0 spiro atoms. The zero-order chi connectivity index (χ0) is 20.3. The number of ether oxygens (including phenoxy) is 1. The van der Waals surface area contributed by atoms with Crippen LogP contribution in [0.2, 0.25) is 0 Å². The molecule has 0 saturated heterocycles. The molecule has 0 aromatic heterocycles. The van der Waals surface area contributed by atoms with Gasteiger partial charge in [-0.2, -0.15) is 0 Å². The van der Waals surface area contributed by atoms with E-state index in [0.717, 1.165) is 16.0 Å². The Hall–Kier alpha value is -3.18. The Balaban J connectivity index is 1.62. The molecule has 0 radical (unpaired) electrons. The SMILES string of the molecule is O=C(N[C@@H](/C=C\C[S@@](=O)c1ccccc1)c1ccccc1)OCc1ccccc1. The third-order valence-corrected chi connectivity index (χ3v) is 5.52. The molecule has 0 aliphatic carbocycles. The molecule has 2 atom stereocenters. The predicted octanol–water partition coefficient (Wildman–Crippen LogP) is 5.02. The Labute approximate surface area is 173 Å². The average molecular weight is 406 g/mol. The maximum atomic E-state index is 12.4. The molecule has 0 fully saturated rings. The first-order valence-electron chi connectivity index (χ1n) is 9.34. The number of benzene rings is 3. The first-order chi connectivity index (χ1) is 14.2. The number of carbonyl (C=O) groups is 1. The Morgan fingerprint density at radius 1 is 0.897 bits per heavy atom. The van der Waals surface area contributed by atoms with E-state index in [4.69, 9.17) is 4.74 Å². The molecule has 0 saturated carbocycles. The van der Waals surface area contributed by atoms with E-state index in [1.807, 2.05) is 103 Å². The van der Waals surface area contributed by atoms with Gasteiger partial charge in [0, 0.05) is 10.6 Å². The van der Waals surface area contributed by atoms with Gasteiger partial charge in [0.1, 0.15) is 6.61 Å². The van der Waals surface area contributed by atoms with Crippen LogP contribution in [0.1, 0.15) is 17.2 Å². The van der Waals surface area contributed by atoms with Crippen molar-refractivity contribution in [3.05, 3.63) is 114 Å². The van der Waals surface area contributed by atoms with Crippen LogP contribution in [0.15, 0.2) is 108 Å². The average Bonchev–Trinajstić information content (AvgIpc) is 2.79. The molecule has 4 nitrogen and oxygen atoms in total. The highest BCUT2D eigenvalue weighted by atomic mass is 32.2. The van der Waals surface area contributed by atoms with Gasteiger partial charge < -0.3 is 10.1 Å². The molecule has 0 heterocycles. The van der Waals surface area contributed by atoms with E-state index in [9.17, 15) is 9.00 Å². The zero-order valence-electron chi connectivity index (χ0n) is 15.9. The van der Waals surface area contributed by atoms with Gasteiger partial charge in [-0.05, 0) is 23.3 Å². The second-order valence-corrected chi connectivity index (χ2v) is 7.84. The summed E-state index contributed by atoms with van der Waals surface area (Å²) in [6.45, 7) is 0.204. The maximum Gasteiger partial charge on any atom is 0.408 e. The van der Waals surface area contributed by atoms with Crippen LogP contribution in [-0.4, -0.2) is 16.1 Å². The van der Waals surface area contributed by atoms with Crippen LogP contribution < -0.4 is 5.32 Å². The summed E-state index contributed by atoms with van der Waals surface area (Å²) in [4.78, 5) is 13.1. The minimum atomic E-state index is -1.13. The molecule has 1 amide bonds. The number of hydrogen-bond acceptors (Lipinski definition) is 3.